The Bertz CT molecular complexity index is 1260. The molecule has 0 aromatic heterocycles. The zero-order chi connectivity index (χ0) is 48.6. The molecule has 67 heavy (non-hydrogen) atoms. The van der Waals surface area contributed by atoms with E-state index in [0.717, 1.165) is 83.5 Å². The van der Waals surface area contributed by atoms with Crippen LogP contribution in [0.4, 0.5) is 0 Å². The number of unbranched alkanes of at least 4 members (excludes halogenated alkanes) is 29. The van der Waals surface area contributed by atoms with Crippen molar-refractivity contribution in [2.75, 3.05) is 13.2 Å². The van der Waals surface area contributed by atoms with E-state index >= 15 is 0 Å². The number of carbonyl (C=O) groups is 3. The molecule has 0 aliphatic rings. The minimum atomic E-state index is -0.831. The van der Waals surface area contributed by atoms with Gasteiger partial charge in [-0.3, -0.25) is 14.4 Å². The van der Waals surface area contributed by atoms with Crippen molar-refractivity contribution < 1.29 is 28.6 Å². The van der Waals surface area contributed by atoms with Gasteiger partial charge in [-0.15, -0.1) is 0 Å². The molecule has 0 amide bonds. The monoisotopic (exact) mass is 935 g/mol. The van der Waals surface area contributed by atoms with Gasteiger partial charge in [0.1, 0.15) is 13.2 Å². The van der Waals surface area contributed by atoms with Crippen molar-refractivity contribution in [1.82, 2.24) is 0 Å². The first-order valence-corrected chi connectivity index (χ1v) is 28.4. The van der Waals surface area contributed by atoms with Crippen LogP contribution < -0.4 is 0 Å². The molecule has 0 radical (unpaired) electrons. The molecule has 6 nitrogen and oxygen atoms in total. The second kappa shape index (κ2) is 55.4. The van der Waals surface area contributed by atoms with Gasteiger partial charge in [0.05, 0.1) is 6.42 Å². The summed E-state index contributed by atoms with van der Waals surface area (Å²) in [6.07, 6.45) is 70.7. The molecule has 0 spiro atoms. The van der Waals surface area contributed by atoms with Crippen molar-refractivity contribution in [3.8, 4) is 0 Å². The van der Waals surface area contributed by atoms with Gasteiger partial charge >= 0.3 is 17.9 Å². The summed E-state index contributed by atoms with van der Waals surface area (Å²) >= 11 is 0. The lowest BCUT2D eigenvalue weighted by Gasteiger charge is -2.18. The van der Waals surface area contributed by atoms with Crippen LogP contribution in [-0.4, -0.2) is 37.2 Å². The standard InChI is InChI=1S/C61H106O6/c1-4-7-10-13-16-19-22-25-28-29-30-31-32-34-36-39-42-45-48-51-54-60(63)66-57-58(56-65-59(62)53-50-47-44-41-38-35-27-24-21-18-15-12-9-6-3)67-61(64)55-52-49-46-43-40-37-33-26-23-20-17-14-11-8-5-2/h8,11,17,20,24,26-27,33,40,43,49,52,58H,4-7,9-10,12-16,18-19,21-23,25,28-32,34-39,41-42,44-48,50-51,53-57H2,1-3H3/b11-8-,20-17-,27-24-,33-26-,43-40-,52-49-. The highest BCUT2D eigenvalue weighted by Crippen LogP contribution is 2.16. The Balaban J connectivity index is 4.42. The minimum absolute atomic E-state index is 0.0974. The lowest BCUT2D eigenvalue weighted by Crippen LogP contribution is -2.30. The first kappa shape index (κ1) is 63.8. The average molecular weight is 936 g/mol. The lowest BCUT2D eigenvalue weighted by molar-refractivity contribution is -0.166. The lowest BCUT2D eigenvalue weighted by atomic mass is 10.0. The molecule has 0 saturated heterocycles. The largest absolute Gasteiger partial charge is 0.462 e. The van der Waals surface area contributed by atoms with E-state index in [0.29, 0.717) is 12.8 Å². The molecule has 6 heteroatoms. The van der Waals surface area contributed by atoms with Crippen molar-refractivity contribution in [2.24, 2.45) is 0 Å². The Labute approximate surface area is 414 Å². The fraction of sp³-hybridized carbons (Fsp3) is 0.754. The second-order valence-corrected chi connectivity index (χ2v) is 18.8. The summed E-state index contributed by atoms with van der Waals surface area (Å²) in [5.41, 5.74) is 0. The van der Waals surface area contributed by atoms with Gasteiger partial charge < -0.3 is 14.2 Å². The average Bonchev–Trinajstić information content (AvgIpc) is 3.33. The topological polar surface area (TPSA) is 78.9 Å². The van der Waals surface area contributed by atoms with Crippen molar-refractivity contribution in [3.05, 3.63) is 72.9 Å². The van der Waals surface area contributed by atoms with Crippen molar-refractivity contribution in [2.45, 2.75) is 284 Å². The molecule has 386 valence electrons. The summed E-state index contributed by atoms with van der Waals surface area (Å²) in [4.78, 5) is 38.0. The minimum Gasteiger partial charge on any atom is -0.462 e. The number of allylic oxidation sites excluding steroid dienone is 11. The van der Waals surface area contributed by atoms with Crippen LogP contribution in [0.1, 0.15) is 278 Å². The third-order valence-electron chi connectivity index (χ3n) is 12.2. The van der Waals surface area contributed by atoms with E-state index < -0.39 is 12.1 Å². The Morgan fingerprint density at radius 3 is 0.970 bits per heavy atom. The molecule has 1 unspecified atom stereocenters. The summed E-state index contributed by atoms with van der Waals surface area (Å²) in [7, 11) is 0. The zero-order valence-electron chi connectivity index (χ0n) is 44.2. The molecule has 0 saturated carbocycles. The number of carbonyl (C=O) groups excluding carboxylic acids is 3. The van der Waals surface area contributed by atoms with Gasteiger partial charge in [0.2, 0.25) is 0 Å². The van der Waals surface area contributed by atoms with Crippen LogP contribution in [0.5, 0.6) is 0 Å². The third-order valence-corrected chi connectivity index (χ3v) is 12.2. The molecule has 0 rings (SSSR count). The maximum Gasteiger partial charge on any atom is 0.310 e. The summed E-state index contributed by atoms with van der Waals surface area (Å²) in [6.45, 7) is 6.45. The van der Waals surface area contributed by atoms with Gasteiger partial charge in [0, 0.05) is 12.8 Å². The molecule has 1 atom stereocenters. The SMILES string of the molecule is CC/C=C\C/C=C\C/C=C\C/C=C\C/C=C\CC(=O)OC(COC(=O)CCCCCCC/C=C\CCCCCCC)COC(=O)CCCCCCCCCCCCCCCCCCCCCC. The van der Waals surface area contributed by atoms with Crippen LogP contribution in [0.3, 0.4) is 0 Å². The first-order valence-electron chi connectivity index (χ1n) is 28.4. The van der Waals surface area contributed by atoms with Crippen LogP contribution in [-0.2, 0) is 28.6 Å². The molecule has 0 aromatic rings. The van der Waals surface area contributed by atoms with E-state index in [1.807, 2.05) is 6.08 Å². The Kier molecular flexibility index (Phi) is 52.8. The number of hydrogen-bond acceptors (Lipinski definition) is 6. The molecule has 0 N–H and O–H groups in total. The summed E-state index contributed by atoms with van der Waals surface area (Å²) in [6, 6.07) is 0. The van der Waals surface area contributed by atoms with Crippen molar-refractivity contribution in [3.63, 3.8) is 0 Å². The highest BCUT2D eigenvalue weighted by atomic mass is 16.6. The number of esters is 3. The Morgan fingerprint density at radius 2 is 0.627 bits per heavy atom. The van der Waals surface area contributed by atoms with Crippen LogP contribution >= 0.6 is 0 Å². The first-order chi connectivity index (χ1) is 33.0. The highest BCUT2D eigenvalue weighted by molar-refractivity contribution is 5.72. The molecule has 0 fully saturated rings. The molecular formula is C61H106O6. The van der Waals surface area contributed by atoms with E-state index in [9.17, 15) is 14.4 Å². The van der Waals surface area contributed by atoms with E-state index in [2.05, 4.69) is 81.5 Å². The third kappa shape index (κ3) is 53.7. The smallest absolute Gasteiger partial charge is 0.310 e. The van der Waals surface area contributed by atoms with Crippen LogP contribution in [0.25, 0.3) is 0 Å². The van der Waals surface area contributed by atoms with E-state index in [4.69, 9.17) is 14.2 Å². The highest BCUT2D eigenvalue weighted by Gasteiger charge is 2.19. The molecule has 0 heterocycles. The maximum atomic E-state index is 12.8. The summed E-state index contributed by atoms with van der Waals surface area (Å²) in [5, 5.41) is 0. The van der Waals surface area contributed by atoms with Gasteiger partial charge in [-0.1, -0.05) is 261 Å². The van der Waals surface area contributed by atoms with Gasteiger partial charge in [-0.2, -0.15) is 0 Å². The van der Waals surface area contributed by atoms with Crippen molar-refractivity contribution in [1.29, 1.82) is 0 Å². The van der Waals surface area contributed by atoms with E-state index in [1.54, 1.807) is 6.08 Å². The van der Waals surface area contributed by atoms with Crippen LogP contribution in [0.15, 0.2) is 72.9 Å². The summed E-state index contributed by atoms with van der Waals surface area (Å²) < 4.78 is 16.7. The molecular weight excluding hydrogens is 829 g/mol. The number of rotatable bonds is 51. The van der Waals surface area contributed by atoms with E-state index in [1.165, 1.54) is 154 Å². The molecule has 0 aliphatic carbocycles. The van der Waals surface area contributed by atoms with Gasteiger partial charge in [-0.25, -0.2) is 0 Å². The summed E-state index contributed by atoms with van der Waals surface area (Å²) in [5.74, 6) is -1.05. The number of hydrogen-bond donors (Lipinski definition) is 0. The predicted molar refractivity (Wildman–Crippen MR) is 288 cm³/mol. The van der Waals surface area contributed by atoms with Crippen LogP contribution in [0.2, 0.25) is 0 Å². The zero-order valence-corrected chi connectivity index (χ0v) is 44.2. The predicted octanol–water partition coefficient (Wildman–Crippen LogP) is 19.0. The number of ether oxygens (including phenoxy) is 3. The van der Waals surface area contributed by atoms with Gasteiger partial charge in [0.25, 0.3) is 0 Å². The fourth-order valence-electron chi connectivity index (χ4n) is 7.98. The maximum absolute atomic E-state index is 12.8. The van der Waals surface area contributed by atoms with Gasteiger partial charge in [0.15, 0.2) is 6.10 Å². The van der Waals surface area contributed by atoms with Crippen molar-refractivity contribution >= 4 is 17.9 Å². The fourth-order valence-corrected chi connectivity index (χ4v) is 7.98. The normalized spacial score (nSPS) is 12.6. The van der Waals surface area contributed by atoms with Crippen LogP contribution in [0, 0.1) is 0 Å². The molecule has 0 aromatic carbocycles. The molecule has 0 bridgehead atoms. The quantitative estimate of drug-likeness (QED) is 0.0262. The van der Waals surface area contributed by atoms with E-state index in [-0.39, 0.29) is 31.6 Å². The molecule has 0 aliphatic heterocycles. The Hall–Kier alpha value is -3.15. The van der Waals surface area contributed by atoms with Gasteiger partial charge in [-0.05, 0) is 70.6 Å². The second-order valence-electron chi connectivity index (χ2n) is 18.8. The Morgan fingerprint density at radius 1 is 0.328 bits per heavy atom.